The molecule has 0 amide bonds. The highest BCUT2D eigenvalue weighted by atomic mass is 15.1. The number of rotatable bonds is 2. The van der Waals surface area contributed by atoms with Gasteiger partial charge in [0.15, 0.2) is 0 Å². The Bertz CT molecular complexity index is 538. The molecule has 0 aromatic carbocycles. The van der Waals surface area contributed by atoms with Crippen LogP contribution in [0.15, 0.2) is 24.5 Å². The van der Waals surface area contributed by atoms with Gasteiger partial charge in [-0.1, -0.05) is 6.92 Å². The van der Waals surface area contributed by atoms with Crippen LogP contribution >= 0.6 is 0 Å². The molecule has 0 aliphatic carbocycles. The van der Waals surface area contributed by atoms with Gasteiger partial charge < -0.3 is 15.0 Å². The normalized spacial score (nSPS) is 17.6. The summed E-state index contributed by atoms with van der Waals surface area (Å²) >= 11 is 0. The van der Waals surface area contributed by atoms with E-state index in [1.807, 2.05) is 6.20 Å². The fraction of sp³-hybridized carbons (Fsp3) is 0.500. The summed E-state index contributed by atoms with van der Waals surface area (Å²) in [6.45, 7) is 5.15. The molecule has 1 saturated heterocycles. The highest BCUT2D eigenvalue weighted by molar-refractivity contribution is 5.52. The van der Waals surface area contributed by atoms with E-state index in [9.17, 15) is 0 Å². The van der Waals surface area contributed by atoms with Crippen LogP contribution in [0, 0.1) is 5.92 Å². The van der Waals surface area contributed by atoms with Crippen LogP contribution in [0.5, 0.6) is 0 Å². The molecule has 2 N–H and O–H groups in total. The van der Waals surface area contributed by atoms with E-state index in [1.54, 1.807) is 0 Å². The molecule has 2 aromatic rings. The molecule has 96 valence electrons. The third-order valence-corrected chi connectivity index (χ3v) is 3.84. The maximum absolute atomic E-state index is 5.62. The number of fused-ring (bicyclic) bond motifs is 1. The van der Waals surface area contributed by atoms with E-state index in [-0.39, 0.29) is 0 Å². The molecular formula is C14H20N4. The Labute approximate surface area is 107 Å². The minimum absolute atomic E-state index is 0.498. The first-order valence-electron chi connectivity index (χ1n) is 6.69. The lowest BCUT2D eigenvalue weighted by molar-refractivity contribution is 0.438. The molecule has 0 spiro atoms. The average Bonchev–Trinajstić information content (AvgIpc) is 2.81. The molecule has 1 aliphatic rings. The molecule has 18 heavy (non-hydrogen) atoms. The number of hydrogen-bond donors (Lipinski definition) is 1. The Balaban J connectivity index is 1.88. The smallest absolute Gasteiger partial charge is 0.137 e. The average molecular weight is 244 g/mol. The van der Waals surface area contributed by atoms with Crippen molar-refractivity contribution in [3.05, 3.63) is 30.2 Å². The van der Waals surface area contributed by atoms with Crippen molar-refractivity contribution in [2.45, 2.75) is 26.3 Å². The summed E-state index contributed by atoms with van der Waals surface area (Å²) in [5, 5.41) is 0. The summed E-state index contributed by atoms with van der Waals surface area (Å²) < 4.78 is 2.08. The Morgan fingerprint density at radius 1 is 1.28 bits per heavy atom. The Kier molecular flexibility index (Phi) is 2.96. The third-order valence-electron chi connectivity index (χ3n) is 3.84. The van der Waals surface area contributed by atoms with Crippen LogP contribution in [0.4, 0.5) is 5.69 Å². The van der Waals surface area contributed by atoms with Crippen LogP contribution in [0.25, 0.3) is 5.65 Å². The van der Waals surface area contributed by atoms with Gasteiger partial charge in [0.1, 0.15) is 5.65 Å². The molecule has 1 aliphatic heterocycles. The van der Waals surface area contributed by atoms with Crippen LogP contribution < -0.4 is 10.6 Å². The number of piperidine rings is 1. The zero-order valence-electron chi connectivity index (χ0n) is 10.8. The number of aromatic nitrogens is 2. The first-order valence-corrected chi connectivity index (χ1v) is 6.69. The first kappa shape index (κ1) is 11.5. The second-order valence-electron chi connectivity index (χ2n) is 5.26. The fourth-order valence-electron chi connectivity index (χ4n) is 2.58. The predicted octanol–water partition coefficient (Wildman–Crippen LogP) is 2.03. The van der Waals surface area contributed by atoms with E-state index in [4.69, 9.17) is 5.73 Å². The summed E-state index contributed by atoms with van der Waals surface area (Å²) in [5.41, 5.74) is 8.83. The summed E-state index contributed by atoms with van der Waals surface area (Å²) in [4.78, 5) is 6.91. The lowest BCUT2D eigenvalue weighted by Crippen LogP contribution is -2.32. The van der Waals surface area contributed by atoms with Gasteiger partial charge in [-0.05, 0) is 30.9 Å². The van der Waals surface area contributed by atoms with Crippen LogP contribution in [-0.2, 0) is 6.54 Å². The number of anilines is 1. The fourth-order valence-corrected chi connectivity index (χ4v) is 2.58. The van der Waals surface area contributed by atoms with Crippen molar-refractivity contribution in [3.8, 4) is 0 Å². The summed E-state index contributed by atoms with van der Waals surface area (Å²) in [5.74, 6) is 0.863. The minimum atomic E-state index is 0.498. The van der Waals surface area contributed by atoms with E-state index in [0.717, 1.165) is 30.3 Å². The van der Waals surface area contributed by atoms with Crippen molar-refractivity contribution in [3.63, 3.8) is 0 Å². The van der Waals surface area contributed by atoms with Crippen molar-refractivity contribution in [2.75, 3.05) is 18.0 Å². The van der Waals surface area contributed by atoms with Gasteiger partial charge in [0.25, 0.3) is 0 Å². The van der Waals surface area contributed by atoms with E-state index in [1.165, 1.54) is 18.5 Å². The minimum Gasteiger partial charge on any atom is -0.370 e. The molecule has 4 heteroatoms. The van der Waals surface area contributed by atoms with Crippen molar-refractivity contribution in [2.24, 2.45) is 11.7 Å². The Morgan fingerprint density at radius 3 is 2.78 bits per heavy atom. The van der Waals surface area contributed by atoms with Crippen molar-refractivity contribution in [1.29, 1.82) is 0 Å². The van der Waals surface area contributed by atoms with Gasteiger partial charge in [-0.15, -0.1) is 0 Å². The largest absolute Gasteiger partial charge is 0.370 e. The maximum Gasteiger partial charge on any atom is 0.137 e. The number of pyridine rings is 1. The zero-order valence-corrected chi connectivity index (χ0v) is 10.8. The molecule has 3 heterocycles. The van der Waals surface area contributed by atoms with Crippen molar-refractivity contribution in [1.82, 2.24) is 9.38 Å². The van der Waals surface area contributed by atoms with E-state index in [2.05, 4.69) is 39.5 Å². The van der Waals surface area contributed by atoms with E-state index in [0.29, 0.717) is 6.54 Å². The molecule has 1 fully saturated rings. The second kappa shape index (κ2) is 4.61. The van der Waals surface area contributed by atoms with E-state index >= 15 is 0 Å². The molecule has 0 saturated carbocycles. The van der Waals surface area contributed by atoms with Crippen molar-refractivity contribution >= 4 is 11.3 Å². The zero-order chi connectivity index (χ0) is 12.5. The quantitative estimate of drug-likeness (QED) is 0.879. The molecule has 0 atom stereocenters. The number of nitrogens with zero attached hydrogens (tertiary/aromatic N) is 3. The molecule has 0 bridgehead atoms. The number of imidazole rings is 1. The Hall–Kier alpha value is -1.55. The highest BCUT2D eigenvalue weighted by Gasteiger charge is 2.16. The molecular weight excluding hydrogens is 224 g/mol. The van der Waals surface area contributed by atoms with Crippen LogP contribution in [0.2, 0.25) is 0 Å². The number of nitrogens with two attached hydrogens (primary N) is 1. The third kappa shape index (κ3) is 2.08. The van der Waals surface area contributed by atoms with Crippen LogP contribution in [0.1, 0.15) is 25.5 Å². The topological polar surface area (TPSA) is 46.6 Å². The van der Waals surface area contributed by atoms with E-state index < -0.39 is 0 Å². The van der Waals surface area contributed by atoms with Crippen molar-refractivity contribution < 1.29 is 0 Å². The first-order chi connectivity index (χ1) is 8.76. The molecule has 0 radical (unpaired) electrons. The SMILES string of the molecule is CC1CCN(c2ccc3nc(CN)cn3c2)CC1. The van der Waals surface area contributed by atoms with Gasteiger partial charge in [-0.2, -0.15) is 0 Å². The number of hydrogen-bond acceptors (Lipinski definition) is 3. The summed E-state index contributed by atoms with van der Waals surface area (Å²) in [6, 6.07) is 4.24. The lowest BCUT2D eigenvalue weighted by Gasteiger charge is -2.32. The van der Waals surface area contributed by atoms with Crippen LogP contribution in [-0.4, -0.2) is 22.5 Å². The maximum atomic E-state index is 5.62. The molecule has 4 nitrogen and oxygen atoms in total. The summed E-state index contributed by atoms with van der Waals surface area (Å²) in [6.07, 6.45) is 6.76. The lowest BCUT2D eigenvalue weighted by atomic mass is 9.99. The van der Waals surface area contributed by atoms with Crippen LogP contribution in [0.3, 0.4) is 0 Å². The van der Waals surface area contributed by atoms with Gasteiger partial charge in [-0.3, -0.25) is 0 Å². The van der Waals surface area contributed by atoms with Gasteiger partial charge in [0.05, 0.1) is 11.4 Å². The second-order valence-corrected chi connectivity index (χ2v) is 5.26. The van der Waals surface area contributed by atoms with Gasteiger partial charge in [-0.25, -0.2) is 4.98 Å². The molecule has 2 aromatic heterocycles. The monoisotopic (exact) mass is 244 g/mol. The van der Waals surface area contributed by atoms with Gasteiger partial charge in [0, 0.05) is 32.0 Å². The molecule has 0 unspecified atom stereocenters. The molecule has 3 rings (SSSR count). The van der Waals surface area contributed by atoms with Gasteiger partial charge in [0.2, 0.25) is 0 Å². The predicted molar refractivity (Wildman–Crippen MR) is 73.7 cm³/mol. The highest BCUT2D eigenvalue weighted by Crippen LogP contribution is 2.23. The Morgan fingerprint density at radius 2 is 2.06 bits per heavy atom. The standard InChI is InChI=1S/C14H20N4/c1-11-4-6-17(7-5-11)13-2-3-14-16-12(8-15)9-18(14)10-13/h2-3,9-11H,4-8,15H2,1H3. The van der Waals surface area contributed by atoms with Gasteiger partial charge >= 0.3 is 0 Å². The summed E-state index contributed by atoms with van der Waals surface area (Å²) in [7, 11) is 0.